The number of hydrogen-bond donors (Lipinski definition) is 2. The molecule has 0 saturated carbocycles. The Kier molecular flexibility index (Phi) is 5.13. The molecular weight excluding hydrogens is 234 g/mol. The maximum absolute atomic E-state index is 9.45. The van der Waals surface area contributed by atoms with E-state index in [1.807, 2.05) is 12.1 Å². The zero-order valence-electron chi connectivity index (χ0n) is 11.3. The van der Waals surface area contributed by atoms with E-state index in [9.17, 15) is 5.11 Å². The van der Waals surface area contributed by atoms with E-state index in [2.05, 4.69) is 53.8 Å². The minimum atomic E-state index is -0.331. The van der Waals surface area contributed by atoms with E-state index in [0.29, 0.717) is 6.54 Å². The van der Waals surface area contributed by atoms with Crippen molar-refractivity contribution in [2.45, 2.75) is 25.5 Å². The van der Waals surface area contributed by atoms with Gasteiger partial charge in [0.25, 0.3) is 0 Å². The molecule has 0 aliphatic heterocycles. The maximum atomic E-state index is 9.45. The summed E-state index contributed by atoms with van der Waals surface area (Å²) in [5, 5.41) is 12.9. The van der Waals surface area contributed by atoms with Crippen molar-refractivity contribution in [1.29, 1.82) is 0 Å². The summed E-state index contributed by atoms with van der Waals surface area (Å²) in [7, 11) is 0. The van der Waals surface area contributed by atoms with E-state index < -0.39 is 0 Å². The monoisotopic (exact) mass is 255 g/mol. The molecule has 2 atom stereocenters. The van der Waals surface area contributed by atoms with Gasteiger partial charge < -0.3 is 10.4 Å². The lowest BCUT2D eigenvalue weighted by Gasteiger charge is -2.20. The molecule has 19 heavy (non-hydrogen) atoms. The van der Waals surface area contributed by atoms with Crippen molar-refractivity contribution >= 4 is 0 Å². The third-order valence-electron chi connectivity index (χ3n) is 3.14. The van der Waals surface area contributed by atoms with Crippen molar-refractivity contribution in [3.05, 3.63) is 71.8 Å². The second-order valence-electron chi connectivity index (χ2n) is 4.91. The van der Waals surface area contributed by atoms with Crippen LogP contribution in [-0.2, 0) is 6.42 Å². The van der Waals surface area contributed by atoms with Crippen LogP contribution in [0.2, 0.25) is 0 Å². The second kappa shape index (κ2) is 7.07. The average Bonchev–Trinajstić information content (AvgIpc) is 2.45. The molecule has 0 heterocycles. The summed E-state index contributed by atoms with van der Waals surface area (Å²) >= 11 is 0. The largest absolute Gasteiger partial charge is 0.392 e. The average molecular weight is 255 g/mol. The highest BCUT2D eigenvalue weighted by Gasteiger charge is 2.12. The van der Waals surface area contributed by atoms with Gasteiger partial charge in [0.1, 0.15) is 0 Å². The third kappa shape index (κ3) is 4.51. The minimum Gasteiger partial charge on any atom is -0.392 e. The lowest BCUT2D eigenvalue weighted by Crippen LogP contribution is -2.30. The fourth-order valence-corrected chi connectivity index (χ4v) is 2.16. The van der Waals surface area contributed by atoms with E-state index in [-0.39, 0.29) is 12.1 Å². The van der Waals surface area contributed by atoms with Crippen LogP contribution in [0.5, 0.6) is 0 Å². The molecule has 0 spiro atoms. The molecule has 2 aromatic rings. The van der Waals surface area contributed by atoms with Gasteiger partial charge >= 0.3 is 0 Å². The number of nitrogens with one attached hydrogen (secondary N) is 1. The summed E-state index contributed by atoms with van der Waals surface area (Å²) in [5.74, 6) is 0. The van der Waals surface area contributed by atoms with E-state index >= 15 is 0 Å². The number of benzene rings is 2. The van der Waals surface area contributed by atoms with Crippen LogP contribution in [0.25, 0.3) is 0 Å². The fourth-order valence-electron chi connectivity index (χ4n) is 2.16. The van der Waals surface area contributed by atoms with Gasteiger partial charge in [-0.05, 0) is 24.5 Å². The summed E-state index contributed by atoms with van der Waals surface area (Å²) in [6.07, 6.45) is 0.597. The van der Waals surface area contributed by atoms with E-state index in [0.717, 1.165) is 6.42 Å². The summed E-state index contributed by atoms with van der Waals surface area (Å²) in [6.45, 7) is 2.41. The standard InChI is InChI=1S/C17H21NO/c1-14(19)13-18-17(16-10-6-3-7-11-16)12-15-8-4-2-5-9-15/h2-11,14,17-19H,12-13H2,1H3/t14-,17-/m1/s1. The predicted molar refractivity (Wildman–Crippen MR) is 79.0 cm³/mol. The molecule has 0 aliphatic rings. The SMILES string of the molecule is C[C@@H](O)CN[C@H](Cc1ccccc1)c1ccccc1. The molecule has 0 aliphatic carbocycles. The van der Waals surface area contributed by atoms with Gasteiger partial charge in [-0.3, -0.25) is 0 Å². The quantitative estimate of drug-likeness (QED) is 0.832. The van der Waals surface area contributed by atoms with Crippen LogP contribution in [0.15, 0.2) is 60.7 Å². The third-order valence-corrected chi connectivity index (χ3v) is 3.14. The lowest BCUT2D eigenvalue weighted by atomic mass is 9.99. The Balaban J connectivity index is 2.10. The lowest BCUT2D eigenvalue weighted by molar-refractivity contribution is 0.186. The highest BCUT2D eigenvalue weighted by molar-refractivity contribution is 5.23. The molecule has 0 unspecified atom stereocenters. The molecule has 100 valence electrons. The van der Waals surface area contributed by atoms with Gasteiger partial charge in [-0.15, -0.1) is 0 Å². The molecule has 0 saturated heterocycles. The van der Waals surface area contributed by atoms with Gasteiger partial charge in [-0.1, -0.05) is 60.7 Å². The number of rotatable bonds is 6. The van der Waals surface area contributed by atoms with Crippen LogP contribution in [0.3, 0.4) is 0 Å². The van der Waals surface area contributed by atoms with Crippen molar-refractivity contribution in [3.8, 4) is 0 Å². The fraction of sp³-hybridized carbons (Fsp3) is 0.294. The van der Waals surface area contributed by atoms with Crippen molar-refractivity contribution in [2.75, 3.05) is 6.54 Å². The molecule has 0 bridgehead atoms. The highest BCUT2D eigenvalue weighted by atomic mass is 16.3. The summed E-state index contributed by atoms with van der Waals surface area (Å²) in [6, 6.07) is 21.1. The van der Waals surface area contributed by atoms with E-state index in [4.69, 9.17) is 0 Å². The smallest absolute Gasteiger partial charge is 0.0636 e. The van der Waals surface area contributed by atoms with Gasteiger partial charge in [0.05, 0.1) is 6.10 Å². The zero-order chi connectivity index (χ0) is 13.5. The first-order valence-corrected chi connectivity index (χ1v) is 6.76. The molecule has 0 amide bonds. The number of aliphatic hydroxyl groups excluding tert-OH is 1. The Morgan fingerprint density at radius 3 is 2.11 bits per heavy atom. The summed E-state index contributed by atoms with van der Waals surface area (Å²) < 4.78 is 0. The number of aliphatic hydroxyl groups is 1. The van der Waals surface area contributed by atoms with Gasteiger partial charge in [0.15, 0.2) is 0 Å². The Morgan fingerprint density at radius 2 is 1.53 bits per heavy atom. The number of hydrogen-bond acceptors (Lipinski definition) is 2. The summed E-state index contributed by atoms with van der Waals surface area (Å²) in [5.41, 5.74) is 2.56. The van der Waals surface area contributed by atoms with Gasteiger partial charge in [0.2, 0.25) is 0 Å². The van der Waals surface area contributed by atoms with E-state index in [1.165, 1.54) is 11.1 Å². The molecular formula is C17H21NO. The van der Waals surface area contributed by atoms with Crippen LogP contribution in [0.1, 0.15) is 24.1 Å². The van der Waals surface area contributed by atoms with Crippen molar-refractivity contribution in [2.24, 2.45) is 0 Å². The van der Waals surface area contributed by atoms with Crippen molar-refractivity contribution < 1.29 is 5.11 Å². The zero-order valence-corrected chi connectivity index (χ0v) is 11.3. The Labute approximate surface area is 115 Å². The summed E-state index contributed by atoms with van der Waals surface area (Å²) in [4.78, 5) is 0. The first-order valence-electron chi connectivity index (χ1n) is 6.76. The highest BCUT2D eigenvalue weighted by Crippen LogP contribution is 2.18. The van der Waals surface area contributed by atoms with Gasteiger partial charge in [-0.2, -0.15) is 0 Å². The van der Waals surface area contributed by atoms with Crippen molar-refractivity contribution in [3.63, 3.8) is 0 Å². The predicted octanol–water partition coefficient (Wildman–Crippen LogP) is 2.94. The van der Waals surface area contributed by atoms with Gasteiger partial charge in [-0.25, -0.2) is 0 Å². The van der Waals surface area contributed by atoms with Crippen LogP contribution >= 0.6 is 0 Å². The Morgan fingerprint density at radius 1 is 0.947 bits per heavy atom. The van der Waals surface area contributed by atoms with Gasteiger partial charge in [0, 0.05) is 12.6 Å². The van der Waals surface area contributed by atoms with E-state index in [1.54, 1.807) is 6.92 Å². The first kappa shape index (κ1) is 13.8. The molecule has 2 aromatic carbocycles. The Hall–Kier alpha value is -1.64. The van der Waals surface area contributed by atoms with Crippen LogP contribution in [0.4, 0.5) is 0 Å². The molecule has 2 heteroatoms. The maximum Gasteiger partial charge on any atom is 0.0636 e. The van der Waals surface area contributed by atoms with Crippen molar-refractivity contribution in [1.82, 2.24) is 5.32 Å². The topological polar surface area (TPSA) is 32.3 Å². The van der Waals surface area contributed by atoms with Crippen LogP contribution < -0.4 is 5.32 Å². The molecule has 0 radical (unpaired) electrons. The molecule has 0 fully saturated rings. The van der Waals surface area contributed by atoms with Crippen LogP contribution in [0, 0.1) is 0 Å². The molecule has 2 N–H and O–H groups in total. The first-order chi connectivity index (χ1) is 9.25. The minimum absolute atomic E-state index is 0.234. The Bertz CT molecular complexity index is 467. The van der Waals surface area contributed by atoms with Crippen LogP contribution in [-0.4, -0.2) is 17.8 Å². The second-order valence-corrected chi connectivity index (χ2v) is 4.91. The molecule has 0 aromatic heterocycles. The molecule has 2 nitrogen and oxygen atoms in total. The molecule has 2 rings (SSSR count). The normalized spacial score (nSPS) is 14.0.